The lowest BCUT2D eigenvalue weighted by atomic mass is 10.1. The summed E-state index contributed by atoms with van der Waals surface area (Å²) in [5, 5.41) is 9.02. The number of carboxylic acids is 1. The van der Waals surface area contributed by atoms with Gasteiger partial charge >= 0.3 is 5.97 Å². The standard InChI is InChI=1S/C12H9ClN2O2/c13-10-4-9(8-2-1-3-14-6-8)7-15-11(10)5-12(16)17/h1-4,6-7H,5H2,(H,16,17). The van der Waals surface area contributed by atoms with Gasteiger partial charge in [-0.05, 0) is 12.1 Å². The van der Waals surface area contributed by atoms with Gasteiger partial charge in [-0.3, -0.25) is 14.8 Å². The number of hydrogen-bond donors (Lipinski definition) is 1. The second-order valence-corrected chi connectivity index (χ2v) is 3.87. The first kappa shape index (κ1) is 11.5. The molecule has 0 atom stereocenters. The van der Waals surface area contributed by atoms with Gasteiger partial charge in [0.1, 0.15) is 0 Å². The predicted molar refractivity (Wildman–Crippen MR) is 63.8 cm³/mol. The van der Waals surface area contributed by atoms with Crippen molar-refractivity contribution in [3.8, 4) is 11.1 Å². The second-order valence-electron chi connectivity index (χ2n) is 3.46. The van der Waals surface area contributed by atoms with Crippen molar-refractivity contribution in [3.63, 3.8) is 0 Å². The number of hydrogen-bond acceptors (Lipinski definition) is 3. The minimum atomic E-state index is -0.950. The average Bonchev–Trinajstić information content (AvgIpc) is 2.32. The largest absolute Gasteiger partial charge is 0.481 e. The third-order valence-corrected chi connectivity index (χ3v) is 2.56. The Bertz CT molecular complexity index is 543. The van der Waals surface area contributed by atoms with Crippen molar-refractivity contribution in [1.29, 1.82) is 0 Å². The van der Waals surface area contributed by atoms with Crippen LogP contribution in [0.1, 0.15) is 5.69 Å². The topological polar surface area (TPSA) is 63.1 Å². The number of halogens is 1. The highest BCUT2D eigenvalue weighted by Crippen LogP contribution is 2.23. The molecular weight excluding hydrogens is 240 g/mol. The number of carboxylic acid groups (broad SMARTS) is 1. The first-order valence-electron chi connectivity index (χ1n) is 4.93. The molecule has 0 saturated heterocycles. The third kappa shape index (κ3) is 2.79. The SMILES string of the molecule is O=C(O)Cc1ncc(-c2cccnc2)cc1Cl. The zero-order chi connectivity index (χ0) is 12.3. The van der Waals surface area contributed by atoms with Crippen molar-refractivity contribution >= 4 is 17.6 Å². The van der Waals surface area contributed by atoms with E-state index in [1.54, 1.807) is 24.7 Å². The Morgan fingerprint density at radius 3 is 2.76 bits per heavy atom. The van der Waals surface area contributed by atoms with Crippen LogP contribution in [0.4, 0.5) is 0 Å². The summed E-state index contributed by atoms with van der Waals surface area (Å²) >= 11 is 5.98. The van der Waals surface area contributed by atoms with Crippen LogP contribution in [-0.2, 0) is 11.2 Å². The Kier molecular flexibility index (Phi) is 3.35. The van der Waals surface area contributed by atoms with E-state index in [1.807, 2.05) is 12.1 Å². The van der Waals surface area contributed by atoms with E-state index in [4.69, 9.17) is 16.7 Å². The smallest absolute Gasteiger partial charge is 0.309 e. The molecule has 2 aromatic heterocycles. The lowest BCUT2D eigenvalue weighted by molar-refractivity contribution is -0.136. The molecule has 0 saturated carbocycles. The van der Waals surface area contributed by atoms with Gasteiger partial charge < -0.3 is 5.11 Å². The first-order chi connectivity index (χ1) is 8.16. The van der Waals surface area contributed by atoms with Crippen molar-refractivity contribution in [2.75, 3.05) is 0 Å². The van der Waals surface area contributed by atoms with E-state index < -0.39 is 5.97 Å². The lowest BCUT2D eigenvalue weighted by Gasteiger charge is -2.04. The van der Waals surface area contributed by atoms with Crippen molar-refractivity contribution in [2.45, 2.75) is 6.42 Å². The molecule has 0 aromatic carbocycles. The van der Waals surface area contributed by atoms with E-state index in [1.165, 1.54) is 0 Å². The number of rotatable bonds is 3. The molecule has 86 valence electrons. The molecule has 2 rings (SSSR count). The summed E-state index contributed by atoms with van der Waals surface area (Å²) in [5.41, 5.74) is 2.08. The van der Waals surface area contributed by atoms with Gasteiger partial charge in [0.2, 0.25) is 0 Å². The Hall–Kier alpha value is -1.94. The number of carbonyl (C=O) groups is 1. The van der Waals surface area contributed by atoms with Crippen molar-refractivity contribution in [3.05, 3.63) is 47.5 Å². The molecule has 4 nitrogen and oxygen atoms in total. The first-order valence-corrected chi connectivity index (χ1v) is 5.31. The fraction of sp³-hybridized carbons (Fsp3) is 0.0833. The summed E-state index contributed by atoms with van der Waals surface area (Å²) in [7, 11) is 0. The maximum absolute atomic E-state index is 10.6. The number of nitrogens with zero attached hydrogens (tertiary/aromatic N) is 2. The molecule has 0 aliphatic carbocycles. The lowest BCUT2D eigenvalue weighted by Crippen LogP contribution is -2.03. The summed E-state index contributed by atoms with van der Waals surface area (Å²) in [6, 6.07) is 5.40. The van der Waals surface area contributed by atoms with Gasteiger partial charge in [0.05, 0.1) is 17.1 Å². The van der Waals surface area contributed by atoms with E-state index in [0.717, 1.165) is 11.1 Å². The van der Waals surface area contributed by atoms with Gasteiger partial charge in [0, 0.05) is 29.7 Å². The molecule has 0 unspecified atom stereocenters. The van der Waals surface area contributed by atoms with Crippen LogP contribution in [0.2, 0.25) is 5.02 Å². The Labute approximate surface area is 103 Å². The van der Waals surface area contributed by atoms with E-state index >= 15 is 0 Å². The molecule has 2 aromatic rings. The Morgan fingerprint density at radius 1 is 1.35 bits per heavy atom. The predicted octanol–water partition coefficient (Wildman–Crippen LogP) is 2.42. The van der Waals surface area contributed by atoms with Crippen LogP contribution in [0, 0.1) is 0 Å². The summed E-state index contributed by atoms with van der Waals surface area (Å²) in [6.07, 6.45) is 4.80. The van der Waals surface area contributed by atoms with Crippen LogP contribution in [0.25, 0.3) is 11.1 Å². The van der Waals surface area contributed by atoms with Crippen LogP contribution in [0.3, 0.4) is 0 Å². The molecular formula is C12H9ClN2O2. The van der Waals surface area contributed by atoms with E-state index in [9.17, 15) is 4.79 Å². The molecule has 0 aliphatic heterocycles. The second kappa shape index (κ2) is 4.93. The van der Waals surface area contributed by atoms with Crippen LogP contribution in [-0.4, -0.2) is 21.0 Å². The van der Waals surface area contributed by atoms with Crippen LogP contribution in [0.15, 0.2) is 36.8 Å². The minimum Gasteiger partial charge on any atom is -0.481 e. The Balaban J connectivity index is 2.34. The molecule has 17 heavy (non-hydrogen) atoms. The van der Waals surface area contributed by atoms with Crippen LogP contribution >= 0.6 is 11.6 Å². The molecule has 0 bridgehead atoms. The minimum absolute atomic E-state index is 0.174. The average molecular weight is 249 g/mol. The summed E-state index contributed by atoms with van der Waals surface area (Å²) in [5.74, 6) is -0.950. The molecule has 0 aliphatic rings. The molecule has 1 N–H and O–H groups in total. The maximum Gasteiger partial charge on any atom is 0.309 e. The summed E-state index contributed by atoms with van der Waals surface area (Å²) in [4.78, 5) is 18.6. The summed E-state index contributed by atoms with van der Waals surface area (Å²) < 4.78 is 0. The highest BCUT2D eigenvalue weighted by molar-refractivity contribution is 6.31. The monoisotopic (exact) mass is 248 g/mol. The normalized spacial score (nSPS) is 10.2. The quantitative estimate of drug-likeness (QED) is 0.906. The van der Waals surface area contributed by atoms with E-state index in [2.05, 4.69) is 9.97 Å². The number of aliphatic carboxylic acids is 1. The highest BCUT2D eigenvalue weighted by Gasteiger charge is 2.08. The fourth-order valence-electron chi connectivity index (χ4n) is 1.43. The number of pyridine rings is 2. The van der Waals surface area contributed by atoms with Gasteiger partial charge in [0.25, 0.3) is 0 Å². The van der Waals surface area contributed by atoms with Gasteiger partial charge in [-0.15, -0.1) is 0 Å². The zero-order valence-electron chi connectivity index (χ0n) is 8.80. The third-order valence-electron chi connectivity index (χ3n) is 2.23. The highest BCUT2D eigenvalue weighted by atomic mass is 35.5. The van der Waals surface area contributed by atoms with Gasteiger partial charge in [-0.2, -0.15) is 0 Å². The zero-order valence-corrected chi connectivity index (χ0v) is 9.55. The fourth-order valence-corrected chi connectivity index (χ4v) is 1.66. The molecule has 2 heterocycles. The Morgan fingerprint density at radius 2 is 2.18 bits per heavy atom. The van der Waals surface area contributed by atoms with Crippen LogP contribution < -0.4 is 0 Å². The van der Waals surface area contributed by atoms with Gasteiger partial charge in [-0.25, -0.2) is 0 Å². The maximum atomic E-state index is 10.6. The number of aromatic nitrogens is 2. The van der Waals surface area contributed by atoms with E-state index in [0.29, 0.717) is 10.7 Å². The van der Waals surface area contributed by atoms with Crippen LogP contribution in [0.5, 0.6) is 0 Å². The van der Waals surface area contributed by atoms with Crippen molar-refractivity contribution in [2.24, 2.45) is 0 Å². The molecule has 0 radical (unpaired) electrons. The van der Waals surface area contributed by atoms with Gasteiger partial charge in [0.15, 0.2) is 0 Å². The molecule has 5 heteroatoms. The van der Waals surface area contributed by atoms with Crippen molar-refractivity contribution in [1.82, 2.24) is 9.97 Å². The molecule has 0 spiro atoms. The molecule has 0 amide bonds. The molecule has 0 fully saturated rings. The van der Waals surface area contributed by atoms with Gasteiger partial charge in [-0.1, -0.05) is 17.7 Å². The van der Waals surface area contributed by atoms with E-state index in [-0.39, 0.29) is 6.42 Å². The summed E-state index contributed by atoms with van der Waals surface area (Å²) in [6.45, 7) is 0. The van der Waals surface area contributed by atoms with Crippen molar-refractivity contribution < 1.29 is 9.90 Å².